The van der Waals surface area contributed by atoms with Gasteiger partial charge >= 0.3 is 5.97 Å². The van der Waals surface area contributed by atoms with Crippen molar-refractivity contribution in [3.05, 3.63) is 0 Å². The van der Waals surface area contributed by atoms with E-state index in [2.05, 4.69) is 0 Å². The molecular weight excluding hydrogens is 678 g/mol. The molecule has 3 heterocycles. The van der Waals surface area contributed by atoms with Crippen molar-refractivity contribution in [3.8, 4) is 0 Å². The number of hydrogen-bond donors (Lipinski definition) is 4. The van der Waals surface area contributed by atoms with E-state index in [4.69, 9.17) is 33.2 Å². The van der Waals surface area contributed by atoms with Crippen molar-refractivity contribution in [2.75, 3.05) is 28.3 Å². The molecule has 4 N–H and O–H groups in total. The van der Waals surface area contributed by atoms with E-state index >= 15 is 0 Å². The third-order valence-electron chi connectivity index (χ3n) is 12.3. The number of Topliss-reactive ketones (excluding diaryl/α,β-unsaturated/α-hetero) is 1. The van der Waals surface area contributed by atoms with Gasteiger partial charge in [0.25, 0.3) is 0 Å². The van der Waals surface area contributed by atoms with Crippen LogP contribution in [-0.2, 0) is 42.7 Å². The maximum atomic E-state index is 14.2. The third kappa shape index (κ3) is 9.38. The maximum Gasteiger partial charge on any atom is 0.311 e. The summed E-state index contributed by atoms with van der Waals surface area (Å²) < 4.78 is 43.9. The molecule has 52 heavy (non-hydrogen) atoms. The van der Waals surface area contributed by atoms with Crippen LogP contribution in [0.1, 0.15) is 94.9 Å². The first kappa shape index (κ1) is 45.1. The standard InChI is InChI=1S/C38H69NO13/c1-15-26-38(10,45)31(42)21(4)28(40)19(2)17-37(9,47-14)33(52-35-29(41)25(39(11)12)16-20(3)48-35)22(5)30(23(6)34(44)50-26)51-27-18-36(8,46-13)32(43)24(7)49-27/h19-27,29-33,35,41-43,45H,15-18H2,1-14H3/t19-,20-,21+,22?,23-,24+,25+,26-,27+,29+,30+,31-,32+,33-,35+,36-,37-,38-/m1/s1. The molecule has 0 aromatic rings. The highest BCUT2D eigenvalue weighted by molar-refractivity contribution is 5.83. The fraction of sp³-hybridized carbons (Fsp3) is 0.947. The molecule has 18 atom stereocenters. The Kier molecular flexibility index (Phi) is 15.3. The van der Waals surface area contributed by atoms with Crippen LogP contribution in [0.4, 0.5) is 0 Å². The second-order valence-electron chi connectivity index (χ2n) is 16.6. The molecule has 0 saturated carbocycles. The van der Waals surface area contributed by atoms with Gasteiger partial charge in [-0.1, -0.05) is 27.7 Å². The fourth-order valence-corrected chi connectivity index (χ4v) is 8.58. The highest BCUT2D eigenvalue weighted by Gasteiger charge is 2.54. The summed E-state index contributed by atoms with van der Waals surface area (Å²) in [4.78, 5) is 30.1. The van der Waals surface area contributed by atoms with Gasteiger partial charge in [0.1, 0.15) is 29.7 Å². The number of rotatable bonds is 8. The first-order chi connectivity index (χ1) is 24.0. The first-order valence-electron chi connectivity index (χ1n) is 18.9. The molecule has 3 aliphatic rings. The Morgan fingerprint density at radius 1 is 0.846 bits per heavy atom. The molecule has 1 unspecified atom stereocenters. The SMILES string of the molecule is CC[C@H]1OC(=O)[C@H](C)[C@@H](O[C@H]2C[C@@](C)(OC)[C@@H](O)[C@H](C)O2)C(C)[C@@H](O[C@@H]2O[C@H](C)C[C@H](N(C)C)[C@@H]2O)[C@](C)(OC)C[C@@H](C)C(=O)[C@H](C)[C@@H](O)[C@]1(C)O. The zero-order chi connectivity index (χ0) is 39.7. The minimum absolute atomic E-state index is 0.111. The Labute approximate surface area is 310 Å². The Balaban J connectivity index is 2.22. The molecule has 3 aliphatic heterocycles. The predicted molar refractivity (Wildman–Crippen MR) is 191 cm³/mol. The summed E-state index contributed by atoms with van der Waals surface area (Å²) in [6, 6.07) is -0.283. The number of hydrogen-bond acceptors (Lipinski definition) is 14. The molecule has 0 aromatic heterocycles. The van der Waals surface area contributed by atoms with Crippen LogP contribution in [0.2, 0.25) is 0 Å². The molecule has 3 saturated heterocycles. The molecule has 14 nitrogen and oxygen atoms in total. The number of ketones is 1. The lowest BCUT2D eigenvalue weighted by Gasteiger charge is -2.50. The van der Waals surface area contributed by atoms with Gasteiger partial charge in [0.05, 0.1) is 47.6 Å². The molecule has 0 aliphatic carbocycles. The molecular formula is C38H69NO13. The number of carbonyl (C=O) groups is 2. The molecule has 3 rings (SSSR count). The van der Waals surface area contributed by atoms with Crippen LogP contribution in [0.3, 0.4) is 0 Å². The van der Waals surface area contributed by atoms with Crippen LogP contribution < -0.4 is 0 Å². The summed E-state index contributed by atoms with van der Waals surface area (Å²) in [5.74, 6) is -4.47. The Morgan fingerprint density at radius 3 is 1.98 bits per heavy atom. The van der Waals surface area contributed by atoms with Crippen LogP contribution >= 0.6 is 0 Å². The zero-order valence-electron chi connectivity index (χ0n) is 33.9. The van der Waals surface area contributed by atoms with E-state index in [1.54, 1.807) is 48.5 Å². The van der Waals surface area contributed by atoms with Gasteiger partial charge in [0.2, 0.25) is 0 Å². The number of nitrogens with zero attached hydrogens (tertiary/aromatic N) is 1. The molecule has 0 amide bonds. The van der Waals surface area contributed by atoms with Gasteiger partial charge in [-0.2, -0.15) is 0 Å². The molecule has 0 aromatic carbocycles. The molecule has 0 bridgehead atoms. The van der Waals surface area contributed by atoms with E-state index in [9.17, 15) is 30.0 Å². The molecule has 304 valence electrons. The summed E-state index contributed by atoms with van der Waals surface area (Å²) in [7, 11) is 6.77. The van der Waals surface area contributed by atoms with Gasteiger partial charge in [0, 0.05) is 44.4 Å². The van der Waals surface area contributed by atoms with Crippen LogP contribution in [0.25, 0.3) is 0 Å². The van der Waals surface area contributed by atoms with Crippen molar-refractivity contribution >= 4 is 11.8 Å². The summed E-state index contributed by atoms with van der Waals surface area (Å²) in [5.41, 5.74) is -4.24. The van der Waals surface area contributed by atoms with E-state index in [0.717, 1.165) is 0 Å². The first-order valence-corrected chi connectivity index (χ1v) is 18.9. The van der Waals surface area contributed by atoms with Crippen molar-refractivity contribution in [1.82, 2.24) is 4.90 Å². The minimum atomic E-state index is -1.96. The second-order valence-corrected chi connectivity index (χ2v) is 16.6. The number of esters is 1. The van der Waals surface area contributed by atoms with Gasteiger partial charge in [0.15, 0.2) is 12.6 Å². The van der Waals surface area contributed by atoms with E-state index in [0.29, 0.717) is 6.42 Å². The fourth-order valence-electron chi connectivity index (χ4n) is 8.58. The Hall–Kier alpha value is -1.30. The second kappa shape index (κ2) is 17.7. The third-order valence-corrected chi connectivity index (χ3v) is 12.3. The van der Waals surface area contributed by atoms with Crippen LogP contribution in [-0.4, -0.2) is 150 Å². The minimum Gasteiger partial charge on any atom is -0.459 e. The largest absolute Gasteiger partial charge is 0.459 e. The monoisotopic (exact) mass is 747 g/mol. The van der Waals surface area contributed by atoms with E-state index in [1.165, 1.54) is 21.1 Å². The lowest BCUT2D eigenvalue weighted by Crippen LogP contribution is -2.61. The quantitative estimate of drug-likeness (QED) is 0.266. The summed E-state index contributed by atoms with van der Waals surface area (Å²) in [6.45, 7) is 17.1. The Bertz CT molecular complexity index is 1190. The lowest BCUT2D eigenvalue weighted by atomic mass is 9.74. The van der Waals surface area contributed by atoms with Crippen molar-refractivity contribution in [2.45, 2.75) is 179 Å². The number of aliphatic hydroxyl groups is 4. The number of cyclic esters (lactones) is 1. The van der Waals surface area contributed by atoms with Gasteiger partial charge < -0.3 is 58.5 Å². The lowest BCUT2D eigenvalue weighted by molar-refractivity contribution is -0.319. The summed E-state index contributed by atoms with van der Waals surface area (Å²) in [5, 5.41) is 45.6. The molecule has 3 fully saturated rings. The summed E-state index contributed by atoms with van der Waals surface area (Å²) >= 11 is 0. The van der Waals surface area contributed by atoms with Gasteiger partial charge in [-0.15, -0.1) is 0 Å². The maximum absolute atomic E-state index is 14.2. The average molecular weight is 748 g/mol. The van der Waals surface area contributed by atoms with E-state index in [-0.39, 0.29) is 37.2 Å². The van der Waals surface area contributed by atoms with Gasteiger partial charge in [-0.3, -0.25) is 9.59 Å². The van der Waals surface area contributed by atoms with E-state index in [1.807, 2.05) is 32.8 Å². The van der Waals surface area contributed by atoms with Crippen molar-refractivity contribution in [1.29, 1.82) is 0 Å². The highest BCUT2D eigenvalue weighted by Crippen LogP contribution is 2.41. The molecule has 0 radical (unpaired) electrons. The smallest absolute Gasteiger partial charge is 0.311 e. The van der Waals surface area contributed by atoms with E-state index < -0.39 is 102 Å². The van der Waals surface area contributed by atoms with Crippen molar-refractivity contribution < 1.29 is 63.2 Å². The normalized spacial score (nSPS) is 49.0. The number of methoxy groups -OCH3 is 2. The number of carbonyl (C=O) groups excluding carboxylic acids is 2. The predicted octanol–water partition coefficient (Wildman–Crippen LogP) is 2.44. The number of aliphatic hydroxyl groups excluding tert-OH is 3. The summed E-state index contributed by atoms with van der Waals surface area (Å²) in [6.07, 6.45) is -8.73. The molecule has 0 spiro atoms. The topological polar surface area (TPSA) is 183 Å². The Morgan fingerprint density at radius 2 is 1.44 bits per heavy atom. The van der Waals surface area contributed by atoms with Crippen molar-refractivity contribution in [2.24, 2.45) is 23.7 Å². The zero-order valence-corrected chi connectivity index (χ0v) is 33.9. The molecule has 14 heteroatoms. The number of likely N-dealkylation sites (N-methyl/N-ethyl adjacent to an activating group) is 1. The van der Waals surface area contributed by atoms with Gasteiger partial charge in [-0.05, 0) is 74.9 Å². The highest BCUT2D eigenvalue weighted by atomic mass is 16.7. The van der Waals surface area contributed by atoms with Crippen LogP contribution in [0.5, 0.6) is 0 Å². The number of ether oxygens (including phenoxy) is 7. The van der Waals surface area contributed by atoms with Gasteiger partial charge in [-0.25, -0.2) is 0 Å². The average Bonchev–Trinajstić information content (AvgIpc) is 3.09. The van der Waals surface area contributed by atoms with Crippen LogP contribution in [0, 0.1) is 23.7 Å². The van der Waals surface area contributed by atoms with Crippen molar-refractivity contribution in [3.63, 3.8) is 0 Å². The van der Waals surface area contributed by atoms with Crippen LogP contribution in [0.15, 0.2) is 0 Å².